The molecule has 1 unspecified atom stereocenters. The van der Waals surface area contributed by atoms with Crippen LogP contribution in [-0.4, -0.2) is 5.91 Å². The molecule has 5 rings (SSSR count). The summed E-state index contributed by atoms with van der Waals surface area (Å²) in [6.07, 6.45) is 2.16. The van der Waals surface area contributed by atoms with Gasteiger partial charge >= 0.3 is 0 Å². The number of aryl methyl sites for hydroxylation is 2. The third-order valence-electron chi connectivity index (χ3n) is 5.75. The first-order valence-electron chi connectivity index (χ1n) is 9.86. The lowest BCUT2D eigenvalue weighted by atomic mass is 9.91. The Kier molecular flexibility index (Phi) is 4.57. The van der Waals surface area contributed by atoms with E-state index in [0.717, 1.165) is 24.0 Å². The van der Waals surface area contributed by atoms with Crippen LogP contribution in [0.25, 0.3) is 10.8 Å². The topological polar surface area (TPSA) is 29.1 Å². The maximum absolute atomic E-state index is 13.1. The molecule has 4 aromatic carbocycles. The Morgan fingerprint density at radius 1 is 0.793 bits per heavy atom. The van der Waals surface area contributed by atoms with E-state index in [1.165, 1.54) is 21.9 Å². The number of hydrogen-bond acceptors (Lipinski definition) is 1. The molecule has 1 aliphatic carbocycles. The molecule has 0 saturated carbocycles. The zero-order chi connectivity index (χ0) is 19.8. The van der Waals surface area contributed by atoms with Gasteiger partial charge in [0.25, 0.3) is 5.91 Å². The van der Waals surface area contributed by atoms with Crippen LogP contribution >= 0.6 is 11.6 Å². The molecular weight excluding hydrogens is 378 g/mol. The molecule has 142 valence electrons. The summed E-state index contributed by atoms with van der Waals surface area (Å²) in [5, 5.41) is 6.25. The first kappa shape index (κ1) is 18.0. The summed E-state index contributed by atoms with van der Waals surface area (Å²) in [6.45, 7) is 0. The van der Waals surface area contributed by atoms with Crippen molar-refractivity contribution in [2.45, 2.75) is 18.9 Å². The summed E-state index contributed by atoms with van der Waals surface area (Å²) in [6, 6.07) is 27.9. The van der Waals surface area contributed by atoms with Gasteiger partial charge in [0.1, 0.15) is 0 Å². The predicted molar refractivity (Wildman–Crippen MR) is 119 cm³/mol. The lowest BCUT2D eigenvalue weighted by Gasteiger charge is -2.22. The molecule has 0 spiro atoms. The molecule has 0 aliphatic heterocycles. The minimum absolute atomic E-state index is 0.173. The molecule has 4 aromatic rings. The van der Waals surface area contributed by atoms with Gasteiger partial charge in [0.05, 0.1) is 16.6 Å². The number of amides is 1. The van der Waals surface area contributed by atoms with Crippen LogP contribution in [0.15, 0.2) is 84.9 Å². The van der Waals surface area contributed by atoms with Crippen molar-refractivity contribution in [1.82, 2.24) is 5.32 Å². The maximum Gasteiger partial charge on any atom is 0.253 e. The van der Waals surface area contributed by atoms with Crippen molar-refractivity contribution in [3.05, 3.63) is 118 Å². The first-order valence-corrected chi connectivity index (χ1v) is 10.2. The van der Waals surface area contributed by atoms with Gasteiger partial charge in [0.15, 0.2) is 0 Å². The van der Waals surface area contributed by atoms with Gasteiger partial charge in [-0.15, -0.1) is 0 Å². The van der Waals surface area contributed by atoms with Crippen LogP contribution in [-0.2, 0) is 12.8 Å². The zero-order valence-corrected chi connectivity index (χ0v) is 16.6. The molecule has 1 N–H and O–H groups in total. The fraction of sp³-hybridized carbons (Fsp3) is 0.115. The monoisotopic (exact) mass is 397 g/mol. The van der Waals surface area contributed by atoms with Crippen molar-refractivity contribution in [2.75, 3.05) is 0 Å². The van der Waals surface area contributed by atoms with Crippen LogP contribution in [0, 0.1) is 0 Å². The fourth-order valence-corrected chi connectivity index (χ4v) is 4.58. The number of benzene rings is 4. The molecule has 0 bridgehead atoms. The first-order chi connectivity index (χ1) is 14.2. The molecule has 1 amide bonds. The van der Waals surface area contributed by atoms with Crippen molar-refractivity contribution >= 4 is 28.3 Å². The normalized spacial score (nSPS) is 13.4. The van der Waals surface area contributed by atoms with E-state index in [2.05, 4.69) is 47.8 Å². The van der Waals surface area contributed by atoms with Crippen LogP contribution < -0.4 is 5.32 Å². The third-order valence-corrected chi connectivity index (χ3v) is 6.08. The Hall–Kier alpha value is -3.10. The molecule has 0 fully saturated rings. The molecule has 29 heavy (non-hydrogen) atoms. The highest BCUT2D eigenvalue weighted by atomic mass is 35.5. The van der Waals surface area contributed by atoms with Gasteiger partial charge in [0.2, 0.25) is 0 Å². The average molecular weight is 398 g/mol. The van der Waals surface area contributed by atoms with Gasteiger partial charge < -0.3 is 5.32 Å². The van der Waals surface area contributed by atoms with E-state index in [9.17, 15) is 4.79 Å². The molecule has 0 saturated heterocycles. The second-order valence-electron chi connectivity index (χ2n) is 7.45. The van der Waals surface area contributed by atoms with E-state index >= 15 is 0 Å². The summed E-state index contributed by atoms with van der Waals surface area (Å²) < 4.78 is 0. The Balaban J connectivity index is 1.64. The largest absolute Gasteiger partial charge is 0.341 e. The van der Waals surface area contributed by atoms with E-state index in [1.54, 1.807) is 12.1 Å². The second kappa shape index (κ2) is 7.38. The van der Waals surface area contributed by atoms with E-state index in [-0.39, 0.29) is 11.9 Å². The summed E-state index contributed by atoms with van der Waals surface area (Å²) in [4.78, 5) is 13.1. The Morgan fingerprint density at radius 2 is 1.52 bits per heavy atom. The lowest BCUT2D eigenvalue weighted by Crippen LogP contribution is -2.29. The van der Waals surface area contributed by atoms with Crippen molar-refractivity contribution in [3.63, 3.8) is 0 Å². The average Bonchev–Trinajstić information content (AvgIpc) is 3.18. The van der Waals surface area contributed by atoms with Crippen molar-refractivity contribution in [1.29, 1.82) is 0 Å². The van der Waals surface area contributed by atoms with Gasteiger partial charge in [-0.05, 0) is 58.0 Å². The number of carbonyl (C=O) groups is 1. The van der Waals surface area contributed by atoms with Gasteiger partial charge in [0, 0.05) is 0 Å². The highest BCUT2D eigenvalue weighted by Gasteiger charge is 2.23. The zero-order valence-electron chi connectivity index (χ0n) is 15.9. The Bertz CT molecular complexity index is 1210. The van der Waals surface area contributed by atoms with Gasteiger partial charge in [-0.3, -0.25) is 4.79 Å². The molecule has 0 aromatic heterocycles. The summed E-state index contributed by atoms with van der Waals surface area (Å²) in [7, 11) is 0. The van der Waals surface area contributed by atoms with E-state index in [1.807, 2.05) is 30.3 Å². The van der Waals surface area contributed by atoms with Gasteiger partial charge in [-0.25, -0.2) is 0 Å². The van der Waals surface area contributed by atoms with Crippen LogP contribution in [0.4, 0.5) is 0 Å². The van der Waals surface area contributed by atoms with Crippen LogP contribution in [0.2, 0.25) is 5.02 Å². The van der Waals surface area contributed by atoms with Crippen molar-refractivity contribution < 1.29 is 4.79 Å². The molecular formula is C26H20ClNO. The van der Waals surface area contributed by atoms with Crippen LogP contribution in [0.5, 0.6) is 0 Å². The van der Waals surface area contributed by atoms with Crippen molar-refractivity contribution in [2.24, 2.45) is 0 Å². The lowest BCUT2D eigenvalue weighted by molar-refractivity contribution is 0.0943. The summed E-state index contributed by atoms with van der Waals surface area (Å²) in [5.74, 6) is -0.173. The molecule has 1 atom stereocenters. The molecule has 1 aliphatic rings. The number of carbonyl (C=O) groups excluding carboxylic acids is 1. The van der Waals surface area contributed by atoms with Gasteiger partial charge in [-0.2, -0.15) is 0 Å². The smallest absolute Gasteiger partial charge is 0.253 e. The van der Waals surface area contributed by atoms with Crippen LogP contribution in [0.1, 0.15) is 38.7 Å². The number of nitrogens with one attached hydrogen (secondary N) is 1. The Morgan fingerprint density at radius 3 is 2.31 bits per heavy atom. The predicted octanol–water partition coefficient (Wildman–Crippen LogP) is 6.11. The van der Waals surface area contributed by atoms with Crippen molar-refractivity contribution in [3.8, 4) is 0 Å². The van der Waals surface area contributed by atoms with Gasteiger partial charge in [-0.1, -0.05) is 84.4 Å². The summed E-state index contributed by atoms with van der Waals surface area (Å²) >= 11 is 6.28. The standard InChI is InChI=1S/C26H20ClNO/c27-23-12-5-4-10-22(23)26(29)28-25(19-7-2-1-3-8-19)21-16-15-18-14-13-17-9-6-11-20(21)24(17)18/h1-12,15-16,25H,13-14H2,(H,28,29). The highest BCUT2D eigenvalue weighted by molar-refractivity contribution is 6.33. The van der Waals surface area contributed by atoms with Crippen LogP contribution in [0.3, 0.4) is 0 Å². The SMILES string of the molecule is O=C(NC(c1ccccc1)c1ccc2c3c(cccc13)CC2)c1ccccc1Cl. The highest BCUT2D eigenvalue weighted by Crippen LogP contribution is 2.37. The van der Waals surface area contributed by atoms with E-state index < -0.39 is 0 Å². The summed E-state index contributed by atoms with van der Waals surface area (Å²) in [5.41, 5.74) is 5.43. The molecule has 3 heteroatoms. The molecule has 0 heterocycles. The maximum atomic E-state index is 13.1. The number of rotatable bonds is 4. The van der Waals surface area contributed by atoms with E-state index in [4.69, 9.17) is 11.6 Å². The number of halogens is 1. The minimum atomic E-state index is -0.259. The fourth-order valence-electron chi connectivity index (χ4n) is 4.36. The number of hydrogen-bond donors (Lipinski definition) is 1. The minimum Gasteiger partial charge on any atom is -0.341 e. The van der Waals surface area contributed by atoms with E-state index in [0.29, 0.717) is 10.6 Å². The second-order valence-corrected chi connectivity index (χ2v) is 7.86. The molecule has 0 radical (unpaired) electrons. The molecule has 2 nitrogen and oxygen atoms in total. The third kappa shape index (κ3) is 3.20. The Labute approximate surface area is 175 Å². The quantitative estimate of drug-likeness (QED) is 0.442.